The van der Waals surface area contributed by atoms with Crippen molar-refractivity contribution in [2.45, 2.75) is 44.8 Å². The molecule has 0 aliphatic carbocycles. The number of hydrogen-bond acceptors (Lipinski definition) is 6. The van der Waals surface area contributed by atoms with Crippen molar-refractivity contribution in [1.29, 1.82) is 0 Å². The van der Waals surface area contributed by atoms with Crippen LogP contribution in [0.3, 0.4) is 0 Å². The van der Waals surface area contributed by atoms with Crippen LogP contribution >= 0.6 is 0 Å². The van der Waals surface area contributed by atoms with Gasteiger partial charge in [0.1, 0.15) is 18.1 Å². The number of carboxylic acid groups (broad SMARTS) is 1. The summed E-state index contributed by atoms with van der Waals surface area (Å²) in [6.07, 6.45) is 3.48. The Kier molecular flexibility index (Phi) is 8.02. The average Bonchev–Trinajstić information content (AvgIpc) is 3.10. The van der Waals surface area contributed by atoms with Gasteiger partial charge in [0.25, 0.3) is 0 Å². The van der Waals surface area contributed by atoms with Crippen LogP contribution in [-0.4, -0.2) is 62.7 Å². The lowest BCUT2D eigenvalue weighted by atomic mass is 9.97. The average molecular weight is 355 g/mol. The van der Waals surface area contributed by atoms with Crippen molar-refractivity contribution in [2.24, 2.45) is 11.7 Å². The molecular weight excluding hydrogens is 330 g/mol. The van der Waals surface area contributed by atoms with Crippen molar-refractivity contribution in [3.05, 3.63) is 18.2 Å². The fraction of sp³-hybridized carbons (Fsp3) is 0.600. The molecular formula is C15H25N5O5. The van der Waals surface area contributed by atoms with E-state index >= 15 is 0 Å². The Bertz CT molecular complexity index is 577. The second-order valence-corrected chi connectivity index (χ2v) is 5.84. The zero-order chi connectivity index (χ0) is 19.0. The van der Waals surface area contributed by atoms with E-state index in [2.05, 4.69) is 20.6 Å². The summed E-state index contributed by atoms with van der Waals surface area (Å²) in [7, 11) is 0. The van der Waals surface area contributed by atoms with Gasteiger partial charge in [-0.3, -0.25) is 9.59 Å². The Labute approximate surface area is 145 Å². The summed E-state index contributed by atoms with van der Waals surface area (Å²) in [6, 6.07) is -3.29. The molecule has 0 radical (unpaired) electrons. The highest BCUT2D eigenvalue weighted by atomic mass is 16.4. The summed E-state index contributed by atoms with van der Waals surface area (Å²) < 4.78 is 0. The number of rotatable bonds is 10. The summed E-state index contributed by atoms with van der Waals surface area (Å²) in [4.78, 5) is 42.4. The maximum Gasteiger partial charge on any atom is 0.326 e. The van der Waals surface area contributed by atoms with Gasteiger partial charge in [-0.1, -0.05) is 20.3 Å². The monoisotopic (exact) mass is 355 g/mol. The Morgan fingerprint density at radius 2 is 2.00 bits per heavy atom. The molecule has 1 aromatic rings. The van der Waals surface area contributed by atoms with Crippen molar-refractivity contribution < 1.29 is 24.6 Å². The molecule has 0 aromatic carbocycles. The van der Waals surface area contributed by atoms with Crippen LogP contribution in [0.15, 0.2) is 12.5 Å². The Hall–Kier alpha value is -2.46. The van der Waals surface area contributed by atoms with E-state index in [1.807, 2.05) is 6.92 Å². The molecule has 0 fully saturated rings. The number of hydrogen-bond donors (Lipinski definition) is 6. The minimum absolute atomic E-state index is 0.0262. The van der Waals surface area contributed by atoms with E-state index < -0.39 is 42.5 Å². The number of nitrogens with one attached hydrogen (secondary N) is 3. The molecule has 0 aliphatic rings. The highest BCUT2D eigenvalue weighted by Crippen LogP contribution is 2.09. The summed E-state index contributed by atoms with van der Waals surface area (Å²) in [5, 5.41) is 23.2. The Balaban J connectivity index is 2.83. The quantitative estimate of drug-likeness (QED) is 0.292. The molecule has 0 bridgehead atoms. The number of carbonyl (C=O) groups excluding carboxylic acids is 2. The molecule has 4 unspecified atom stereocenters. The van der Waals surface area contributed by atoms with Crippen molar-refractivity contribution in [3.8, 4) is 0 Å². The minimum atomic E-state index is -1.20. The van der Waals surface area contributed by atoms with Gasteiger partial charge in [0.05, 0.1) is 12.9 Å². The van der Waals surface area contributed by atoms with E-state index in [4.69, 9.17) is 10.8 Å². The van der Waals surface area contributed by atoms with Crippen LogP contribution in [0.4, 0.5) is 0 Å². The highest BCUT2D eigenvalue weighted by molar-refractivity contribution is 5.92. The molecule has 0 aliphatic heterocycles. The van der Waals surface area contributed by atoms with Crippen molar-refractivity contribution in [2.75, 3.05) is 6.61 Å². The van der Waals surface area contributed by atoms with Gasteiger partial charge in [-0.05, 0) is 5.92 Å². The van der Waals surface area contributed by atoms with Crippen molar-refractivity contribution in [1.82, 2.24) is 20.6 Å². The second kappa shape index (κ2) is 9.74. The normalized spacial score (nSPS) is 15.7. The summed E-state index contributed by atoms with van der Waals surface area (Å²) in [5.74, 6) is -2.76. The van der Waals surface area contributed by atoms with E-state index in [0.717, 1.165) is 0 Å². The first-order valence-corrected chi connectivity index (χ1v) is 7.97. The largest absolute Gasteiger partial charge is 0.480 e. The van der Waals surface area contributed by atoms with Gasteiger partial charge in [0.2, 0.25) is 11.8 Å². The molecule has 25 heavy (non-hydrogen) atoms. The van der Waals surface area contributed by atoms with Crippen LogP contribution in [0, 0.1) is 5.92 Å². The number of aromatic amines is 1. The molecule has 0 saturated carbocycles. The van der Waals surface area contributed by atoms with Crippen LogP contribution < -0.4 is 16.4 Å². The van der Waals surface area contributed by atoms with Gasteiger partial charge >= 0.3 is 5.97 Å². The maximum atomic E-state index is 12.5. The maximum absolute atomic E-state index is 12.5. The van der Waals surface area contributed by atoms with E-state index in [-0.39, 0.29) is 12.3 Å². The molecule has 140 valence electrons. The van der Waals surface area contributed by atoms with Crippen LogP contribution in [0.25, 0.3) is 0 Å². The van der Waals surface area contributed by atoms with Crippen LogP contribution in [0.1, 0.15) is 26.0 Å². The Morgan fingerprint density at radius 3 is 2.48 bits per heavy atom. The molecule has 10 heteroatoms. The lowest BCUT2D eigenvalue weighted by molar-refractivity contribution is -0.142. The van der Waals surface area contributed by atoms with E-state index in [0.29, 0.717) is 12.1 Å². The molecule has 0 saturated heterocycles. The number of nitrogens with zero attached hydrogens (tertiary/aromatic N) is 1. The number of imidazole rings is 1. The van der Waals surface area contributed by atoms with E-state index in [9.17, 15) is 19.5 Å². The molecule has 0 spiro atoms. The summed E-state index contributed by atoms with van der Waals surface area (Å²) in [6.45, 7) is 3.03. The van der Waals surface area contributed by atoms with Gasteiger partial charge < -0.3 is 31.6 Å². The van der Waals surface area contributed by atoms with Crippen molar-refractivity contribution in [3.63, 3.8) is 0 Å². The van der Waals surface area contributed by atoms with Gasteiger partial charge in [-0.15, -0.1) is 0 Å². The smallest absolute Gasteiger partial charge is 0.326 e. The summed E-state index contributed by atoms with van der Waals surface area (Å²) in [5.41, 5.74) is 6.00. The van der Waals surface area contributed by atoms with Crippen LogP contribution in [0.2, 0.25) is 0 Å². The fourth-order valence-electron chi connectivity index (χ4n) is 2.12. The lowest BCUT2D eigenvalue weighted by Crippen LogP contribution is -2.57. The number of aliphatic hydroxyl groups is 1. The number of aliphatic carboxylic acids is 1. The molecule has 10 nitrogen and oxygen atoms in total. The van der Waals surface area contributed by atoms with Gasteiger partial charge in [0.15, 0.2) is 0 Å². The fourth-order valence-corrected chi connectivity index (χ4v) is 2.12. The number of carboxylic acids is 1. The topological polar surface area (TPSA) is 170 Å². The predicted molar refractivity (Wildman–Crippen MR) is 88.3 cm³/mol. The minimum Gasteiger partial charge on any atom is -0.480 e. The molecule has 7 N–H and O–H groups in total. The molecule has 1 rings (SSSR count). The third-order valence-corrected chi connectivity index (χ3v) is 3.92. The standard InChI is InChI=1S/C15H25N5O5/c1-3-8(2)12(20-13(22)10(16)6-21)14(23)19-11(15(24)25)4-9-5-17-7-18-9/h5,7-8,10-12,21H,3-4,6,16H2,1-2H3,(H,17,18)(H,19,23)(H,20,22)(H,24,25). The zero-order valence-electron chi connectivity index (χ0n) is 14.2. The first-order valence-electron chi connectivity index (χ1n) is 7.97. The first kappa shape index (κ1) is 20.6. The lowest BCUT2D eigenvalue weighted by Gasteiger charge is -2.26. The molecule has 2 amide bonds. The Morgan fingerprint density at radius 1 is 1.32 bits per heavy atom. The van der Waals surface area contributed by atoms with E-state index in [1.165, 1.54) is 12.5 Å². The van der Waals surface area contributed by atoms with Gasteiger partial charge in [-0.2, -0.15) is 0 Å². The number of amides is 2. The first-order chi connectivity index (χ1) is 11.8. The van der Waals surface area contributed by atoms with Gasteiger partial charge in [0, 0.05) is 18.3 Å². The summed E-state index contributed by atoms with van der Waals surface area (Å²) >= 11 is 0. The zero-order valence-corrected chi connectivity index (χ0v) is 14.2. The number of aliphatic hydroxyl groups excluding tert-OH is 1. The van der Waals surface area contributed by atoms with Crippen LogP contribution in [-0.2, 0) is 20.8 Å². The van der Waals surface area contributed by atoms with Crippen molar-refractivity contribution >= 4 is 17.8 Å². The second-order valence-electron chi connectivity index (χ2n) is 5.84. The predicted octanol–water partition coefficient (Wildman–Crippen LogP) is -1.63. The third-order valence-electron chi connectivity index (χ3n) is 3.92. The molecule has 4 atom stereocenters. The number of aromatic nitrogens is 2. The molecule has 1 heterocycles. The SMILES string of the molecule is CCC(C)C(NC(=O)C(N)CO)C(=O)NC(Cc1cnc[nH]1)C(=O)O. The number of carbonyl (C=O) groups is 3. The van der Waals surface area contributed by atoms with Gasteiger partial charge in [-0.25, -0.2) is 9.78 Å². The number of H-pyrrole nitrogens is 1. The number of nitrogens with two attached hydrogens (primary N) is 1. The molecule has 1 aromatic heterocycles. The van der Waals surface area contributed by atoms with E-state index in [1.54, 1.807) is 6.92 Å². The third kappa shape index (κ3) is 6.16. The highest BCUT2D eigenvalue weighted by Gasteiger charge is 2.31. The van der Waals surface area contributed by atoms with Crippen LogP contribution in [0.5, 0.6) is 0 Å².